The van der Waals surface area contributed by atoms with Crippen molar-refractivity contribution in [2.24, 2.45) is 0 Å². The minimum absolute atomic E-state index is 0.413. The summed E-state index contributed by atoms with van der Waals surface area (Å²) in [4.78, 5) is 15.2. The Bertz CT molecular complexity index is 346. The van der Waals surface area contributed by atoms with Crippen LogP contribution in [0, 0.1) is 6.92 Å². The number of hydrogen-bond acceptors (Lipinski definition) is 3. The summed E-state index contributed by atoms with van der Waals surface area (Å²) >= 11 is 0. The molecule has 0 bridgehead atoms. The molecule has 0 aliphatic carbocycles. The molecule has 0 saturated carbocycles. The van der Waals surface area contributed by atoms with Gasteiger partial charge in [0.2, 0.25) is 0 Å². The third-order valence-corrected chi connectivity index (χ3v) is 2.32. The molecule has 1 rings (SSSR count). The van der Waals surface area contributed by atoms with Crippen LogP contribution in [-0.2, 0) is 17.8 Å². The van der Waals surface area contributed by atoms with E-state index >= 15 is 0 Å². The van der Waals surface area contributed by atoms with Gasteiger partial charge in [-0.2, -0.15) is 0 Å². The second-order valence-electron chi connectivity index (χ2n) is 3.48. The van der Waals surface area contributed by atoms with Gasteiger partial charge in [0, 0.05) is 19.2 Å². The van der Waals surface area contributed by atoms with Gasteiger partial charge in [0.25, 0.3) is 0 Å². The van der Waals surface area contributed by atoms with Crippen LogP contribution in [0.5, 0.6) is 0 Å². The van der Waals surface area contributed by atoms with E-state index in [-0.39, 0.29) is 0 Å². The van der Waals surface area contributed by atoms with Gasteiger partial charge in [-0.15, -0.1) is 0 Å². The van der Waals surface area contributed by atoms with Gasteiger partial charge in [0.05, 0.1) is 5.69 Å². The van der Waals surface area contributed by atoms with E-state index in [1.165, 1.54) is 0 Å². The lowest BCUT2D eigenvalue weighted by atomic mass is 10.3. The van der Waals surface area contributed by atoms with Crippen LogP contribution in [-0.4, -0.2) is 33.7 Å². The predicted octanol–water partition coefficient (Wildman–Crippen LogP) is 0.427. The van der Waals surface area contributed by atoms with E-state index in [0.29, 0.717) is 6.54 Å². The van der Waals surface area contributed by atoms with Crippen molar-refractivity contribution in [1.82, 2.24) is 14.9 Å². The summed E-state index contributed by atoms with van der Waals surface area (Å²) in [5.74, 6) is 0.0832. The molecule has 1 atom stereocenters. The van der Waals surface area contributed by atoms with Crippen molar-refractivity contribution in [2.45, 2.75) is 32.9 Å². The summed E-state index contributed by atoms with van der Waals surface area (Å²) in [7, 11) is 1.65. The summed E-state index contributed by atoms with van der Waals surface area (Å²) in [6.45, 7) is 4.33. The maximum absolute atomic E-state index is 10.8. The topological polar surface area (TPSA) is 67.2 Å². The number of carbonyl (C=O) groups is 1. The molecule has 2 N–H and O–H groups in total. The van der Waals surface area contributed by atoms with E-state index in [9.17, 15) is 4.79 Å². The van der Waals surface area contributed by atoms with Crippen LogP contribution >= 0.6 is 0 Å². The first kappa shape index (κ1) is 11.7. The first-order chi connectivity index (χ1) is 7.08. The monoisotopic (exact) mass is 211 g/mol. The quantitative estimate of drug-likeness (QED) is 0.741. The third-order valence-electron chi connectivity index (χ3n) is 2.32. The largest absolute Gasteiger partial charge is 0.480 e. The zero-order chi connectivity index (χ0) is 11.4. The summed E-state index contributed by atoms with van der Waals surface area (Å²) in [6, 6.07) is -0.566. The van der Waals surface area contributed by atoms with Crippen molar-refractivity contribution in [1.29, 1.82) is 0 Å². The van der Waals surface area contributed by atoms with Gasteiger partial charge >= 0.3 is 5.97 Å². The standard InChI is InChI=1S/C10H17N3O2/c1-4-9-12-7(2)5-13(9)6-8(11-3)10(14)15/h5,8,11H,4,6H2,1-3H3,(H,14,15). The number of rotatable bonds is 5. The van der Waals surface area contributed by atoms with Crippen molar-refractivity contribution < 1.29 is 9.90 Å². The number of nitrogens with one attached hydrogen (secondary N) is 1. The van der Waals surface area contributed by atoms with Gasteiger partial charge in [-0.25, -0.2) is 4.98 Å². The van der Waals surface area contributed by atoms with Gasteiger partial charge < -0.3 is 15.0 Å². The maximum atomic E-state index is 10.8. The molecule has 0 aliphatic rings. The molecule has 1 heterocycles. The average molecular weight is 211 g/mol. The van der Waals surface area contributed by atoms with E-state index in [4.69, 9.17) is 5.11 Å². The van der Waals surface area contributed by atoms with Gasteiger partial charge in [0.1, 0.15) is 11.9 Å². The lowest BCUT2D eigenvalue weighted by Gasteiger charge is -2.13. The predicted molar refractivity (Wildman–Crippen MR) is 56.8 cm³/mol. The SMILES string of the molecule is CCc1nc(C)cn1CC(NC)C(=O)O. The minimum atomic E-state index is -0.842. The van der Waals surface area contributed by atoms with E-state index in [2.05, 4.69) is 10.3 Å². The molecule has 1 aromatic rings. The van der Waals surface area contributed by atoms with Gasteiger partial charge in [-0.1, -0.05) is 6.92 Å². The molecule has 0 radical (unpaired) electrons. The Kier molecular flexibility index (Phi) is 3.85. The first-order valence-corrected chi connectivity index (χ1v) is 5.01. The molecule has 0 amide bonds. The van der Waals surface area contributed by atoms with Crippen molar-refractivity contribution in [3.8, 4) is 0 Å². The Morgan fingerprint density at radius 3 is 2.87 bits per heavy atom. The molecule has 0 spiro atoms. The first-order valence-electron chi connectivity index (χ1n) is 5.01. The van der Waals surface area contributed by atoms with Gasteiger partial charge in [-0.05, 0) is 14.0 Å². The third kappa shape index (κ3) is 2.79. The maximum Gasteiger partial charge on any atom is 0.322 e. The fourth-order valence-electron chi connectivity index (χ4n) is 1.53. The molecule has 1 unspecified atom stereocenters. The van der Waals surface area contributed by atoms with Crippen LogP contribution in [0.25, 0.3) is 0 Å². The Hall–Kier alpha value is -1.36. The van der Waals surface area contributed by atoms with Gasteiger partial charge in [0.15, 0.2) is 0 Å². The molecule has 15 heavy (non-hydrogen) atoms. The number of carboxylic acid groups (broad SMARTS) is 1. The smallest absolute Gasteiger partial charge is 0.322 e. The van der Waals surface area contributed by atoms with Crippen molar-refractivity contribution >= 4 is 5.97 Å². The van der Waals surface area contributed by atoms with E-state index < -0.39 is 12.0 Å². The van der Waals surface area contributed by atoms with E-state index in [1.54, 1.807) is 7.05 Å². The van der Waals surface area contributed by atoms with Crippen LogP contribution in [0.4, 0.5) is 0 Å². The normalized spacial score (nSPS) is 12.7. The van der Waals surface area contributed by atoms with E-state index in [0.717, 1.165) is 17.9 Å². The minimum Gasteiger partial charge on any atom is -0.480 e. The van der Waals surface area contributed by atoms with Crippen molar-refractivity contribution in [3.63, 3.8) is 0 Å². The Morgan fingerprint density at radius 2 is 2.40 bits per heavy atom. The lowest BCUT2D eigenvalue weighted by Crippen LogP contribution is -2.38. The molecular weight excluding hydrogens is 194 g/mol. The van der Waals surface area contributed by atoms with Crippen LogP contribution in [0.1, 0.15) is 18.4 Å². The highest BCUT2D eigenvalue weighted by atomic mass is 16.4. The highest BCUT2D eigenvalue weighted by Crippen LogP contribution is 2.04. The van der Waals surface area contributed by atoms with Crippen LogP contribution in [0.15, 0.2) is 6.20 Å². The fourth-order valence-corrected chi connectivity index (χ4v) is 1.53. The molecule has 0 fully saturated rings. The summed E-state index contributed by atoms with van der Waals surface area (Å²) in [6.07, 6.45) is 2.69. The average Bonchev–Trinajstić information content (AvgIpc) is 2.54. The Morgan fingerprint density at radius 1 is 1.73 bits per heavy atom. The number of carboxylic acids is 1. The second kappa shape index (κ2) is 4.93. The number of imidazole rings is 1. The van der Waals surface area contributed by atoms with Crippen LogP contribution in [0.2, 0.25) is 0 Å². The van der Waals surface area contributed by atoms with Crippen LogP contribution < -0.4 is 5.32 Å². The van der Waals surface area contributed by atoms with E-state index in [1.807, 2.05) is 24.6 Å². The highest BCUT2D eigenvalue weighted by Gasteiger charge is 2.16. The fraction of sp³-hybridized carbons (Fsp3) is 0.600. The number of hydrogen-bond donors (Lipinski definition) is 2. The Balaban J connectivity index is 2.82. The zero-order valence-electron chi connectivity index (χ0n) is 9.32. The second-order valence-corrected chi connectivity index (χ2v) is 3.48. The molecular formula is C10H17N3O2. The summed E-state index contributed by atoms with van der Waals surface area (Å²) in [5, 5.41) is 11.7. The lowest BCUT2D eigenvalue weighted by molar-refractivity contribution is -0.139. The molecule has 0 aromatic carbocycles. The molecule has 5 heteroatoms. The number of aryl methyl sites for hydroxylation is 2. The molecule has 0 saturated heterocycles. The molecule has 0 aliphatic heterocycles. The number of aromatic nitrogens is 2. The number of nitrogens with zero attached hydrogens (tertiary/aromatic N) is 2. The number of aliphatic carboxylic acids is 1. The summed E-state index contributed by atoms with van der Waals surface area (Å²) < 4.78 is 1.89. The molecule has 84 valence electrons. The Labute approximate surface area is 89.1 Å². The molecule has 1 aromatic heterocycles. The zero-order valence-corrected chi connectivity index (χ0v) is 9.32. The molecule has 5 nitrogen and oxygen atoms in total. The van der Waals surface area contributed by atoms with Crippen molar-refractivity contribution in [3.05, 3.63) is 17.7 Å². The summed E-state index contributed by atoms with van der Waals surface area (Å²) in [5.41, 5.74) is 0.923. The van der Waals surface area contributed by atoms with Gasteiger partial charge in [-0.3, -0.25) is 4.79 Å². The number of likely N-dealkylation sites (N-methyl/N-ethyl adjacent to an activating group) is 1. The van der Waals surface area contributed by atoms with Crippen molar-refractivity contribution in [2.75, 3.05) is 7.05 Å². The highest BCUT2D eigenvalue weighted by molar-refractivity contribution is 5.73. The van der Waals surface area contributed by atoms with Crippen LogP contribution in [0.3, 0.4) is 0 Å².